The van der Waals surface area contributed by atoms with E-state index in [1.165, 1.54) is 11.3 Å². The maximum Gasteiger partial charge on any atom is 0.106 e. The van der Waals surface area contributed by atoms with Crippen LogP contribution in [-0.2, 0) is 6.42 Å². The fraction of sp³-hybridized carbons (Fsp3) is 0.267. The van der Waals surface area contributed by atoms with E-state index in [1.807, 2.05) is 24.3 Å². The molecule has 0 saturated heterocycles. The predicted octanol–water partition coefficient (Wildman–Crippen LogP) is 5.11. The molecular weight excluding hydrogens is 262 g/mol. The summed E-state index contributed by atoms with van der Waals surface area (Å²) in [5.41, 5.74) is 3.55. The van der Waals surface area contributed by atoms with Gasteiger partial charge in [-0.2, -0.15) is 0 Å². The number of aromatic nitrogens is 1. The van der Waals surface area contributed by atoms with Crippen LogP contribution in [0.5, 0.6) is 0 Å². The van der Waals surface area contributed by atoms with Gasteiger partial charge in [0.15, 0.2) is 0 Å². The number of H-pyrrole nitrogens is 1. The summed E-state index contributed by atoms with van der Waals surface area (Å²) in [6.07, 6.45) is 0.838. The van der Waals surface area contributed by atoms with Gasteiger partial charge in [0.2, 0.25) is 0 Å². The summed E-state index contributed by atoms with van der Waals surface area (Å²) in [5.74, 6) is 0.469. The van der Waals surface area contributed by atoms with Crippen LogP contribution in [-0.4, -0.2) is 4.98 Å². The molecule has 1 aromatic carbocycles. The van der Waals surface area contributed by atoms with Crippen LogP contribution in [0.2, 0.25) is 5.02 Å². The Labute approximate surface area is 118 Å². The molecule has 1 aromatic heterocycles. The third kappa shape index (κ3) is 3.21. The topological polar surface area (TPSA) is 15.8 Å². The van der Waals surface area contributed by atoms with Gasteiger partial charge in [-0.25, -0.2) is 0 Å². The lowest BCUT2D eigenvalue weighted by Gasteiger charge is -2.08. The third-order valence-electron chi connectivity index (χ3n) is 2.94. The Morgan fingerprint density at radius 3 is 2.33 bits per heavy atom. The Morgan fingerprint density at radius 2 is 1.78 bits per heavy atom. The van der Waals surface area contributed by atoms with Crippen molar-refractivity contribution in [2.75, 3.05) is 0 Å². The average molecular weight is 278 g/mol. The van der Waals surface area contributed by atoms with Crippen LogP contribution in [0, 0.1) is 4.64 Å². The minimum atomic E-state index is 0.469. The highest BCUT2D eigenvalue weighted by molar-refractivity contribution is 7.71. The first-order valence-corrected chi connectivity index (χ1v) is 6.81. The molecule has 0 unspecified atom stereocenters. The van der Waals surface area contributed by atoms with Gasteiger partial charge in [-0.15, -0.1) is 0 Å². The number of pyridine rings is 1. The lowest BCUT2D eigenvalue weighted by molar-refractivity contribution is 0.816. The summed E-state index contributed by atoms with van der Waals surface area (Å²) in [4.78, 5) is 3.30. The summed E-state index contributed by atoms with van der Waals surface area (Å²) in [7, 11) is 0. The van der Waals surface area contributed by atoms with Crippen LogP contribution >= 0.6 is 23.8 Å². The molecule has 0 amide bonds. The van der Waals surface area contributed by atoms with Gasteiger partial charge in [-0.1, -0.05) is 55.9 Å². The number of halogens is 1. The maximum atomic E-state index is 5.87. The zero-order chi connectivity index (χ0) is 13.1. The van der Waals surface area contributed by atoms with Crippen molar-refractivity contribution in [3.63, 3.8) is 0 Å². The van der Waals surface area contributed by atoms with E-state index in [2.05, 4.69) is 31.0 Å². The van der Waals surface area contributed by atoms with Crippen LogP contribution in [0.15, 0.2) is 36.4 Å². The Kier molecular flexibility index (Phi) is 4.20. The zero-order valence-electron chi connectivity index (χ0n) is 10.5. The van der Waals surface area contributed by atoms with Crippen molar-refractivity contribution < 1.29 is 0 Å². The van der Waals surface area contributed by atoms with Gasteiger partial charge in [0.1, 0.15) is 4.64 Å². The van der Waals surface area contributed by atoms with Gasteiger partial charge in [0, 0.05) is 17.1 Å². The summed E-state index contributed by atoms with van der Waals surface area (Å²) in [5, 5.41) is 0.763. The summed E-state index contributed by atoms with van der Waals surface area (Å²) >= 11 is 11.3. The van der Waals surface area contributed by atoms with Crippen LogP contribution in [0.25, 0.3) is 0 Å². The van der Waals surface area contributed by atoms with Crippen molar-refractivity contribution in [1.29, 1.82) is 0 Å². The summed E-state index contributed by atoms with van der Waals surface area (Å²) in [6.45, 7) is 4.30. The Bertz CT molecular complexity index is 584. The van der Waals surface area contributed by atoms with E-state index in [-0.39, 0.29) is 0 Å². The first kappa shape index (κ1) is 13.3. The van der Waals surface area contributed by atoms with Crippen molar-refractivity contribution in [1.82, 2.24) is 4.98 Å². The zero-order valence-corrected chi connectivity index (χ0v) is 12.1. The number of hydrogen-bond acceptors (Lipinski definition) is 1. The number of hydrogen-bond donors (Lipinski definition) is 1. The third-order valence-corrected chi connectivity index (χ3v) is 3.56. The standard InChI is InChI=1S/C15H16ClNS/c1-10(2)14-8-5-12(15(18)17-14)9-11-3-6-13(16)7-4-11/h3-8,10H,9H2,1-2H3,(H,17,18). The molecule has 0 radical (unpaired) electrons. The van der Waals surface area contributed by atoms with Gasteiger partial charge in [0.25, 0.3) is 0 Å². The maximum absolute atomic E-state index is 5.87. The van der Waals surface area contributed by atoms with E-state index < -0.39 is 0 Å². The van der Waals surface area contributed by atoms with E-state index >= 15 is 0 Å². The molecule has 0 saturated carbocycles. The molecule has 1 N–H and O–H groups in total. The van der Waals surface area contributed by atoms with E-state index in [1.54, 1.807) is 0 Å². The highest BCUT2D eigenvalue weighted by Crippen LogP contribution is 2.17. The Morgan fingerprint density at radius 1 is 1.11 bits per heavy atom. The molecule has 0 bridgehead atoms. The van der Waals surface area contributed by atoms with Gasteiger partial charge < -0.3 is 4.98 Å². The van der Waals surface area contributed by atoms with Crippen LogP contribution in [0.3, 0.4) is 0 Å². The SMILES string of the molecule is CC(C)c1ccc(Cc2ccc(Cl)cc2)c(=S)[nH]1. The fourth-order valence-electron chi connectivity index (χ4n) is 1.82. The second kappa shape index (κ2) is 5.68. The van der Waals surface area contributed by atoms with Crippen LogP contribution in [0.1, 0.15) is 36.6 Å². The molecule has 2 aromatic rings. The van der Waals surface area contributed by atoms with Gasteiger partial charge in [-0.05, 0) is 35.2 Å². The number of benzene rings is 1. The number of aromatic amines is 1. The molecule has 1 nitrogen and oxygen atoms in total. The largest absolute Gasteiger partial charge is 0.350 e. The highest BCUT2D eigenvalue weighted by atomic mass is 35.5. The minimum absolute atomic E-state index is 0.469. The van der Waals surface area contributed by atoms with E-state index in [9.17, 15) is 0 Å². The first-order chi connectivity index (χ1) is 8.56. The van der Waals surface area contributed by atoms with Gasteiger partial charge >= 0.3 is 0 Å². The lowest BCUT2D eigenvalue weighted by Crippen LogP contribution is -1.97. The van der Waals surface area contributed by atoms with Gasteiger partial charge in [0.05, 0.1) is 0 Å². The average Bonchev–Trinajstić information content (AvgIpc) is 2.34. The minimum Gasteiger partial charge on any atom is -0.350 e. The Hall–Kier alpha value is -1.12. The number of nitrogens with one attached hydrogen (secondary N) is 1. The lowest BCUT2D eigenvalue weighted by atomic mass is 10.0. The molecule has 0 aliphatic rings. The van der Waals surface area contributed by atoms with Crippen LogP contribution < -0.4 is 0 Å². The second-order valence-corrected chi connectivity index (χ2v) is 5.57. The molecule has 2 rings (SSSR count). The van der Waals surface area contributed by atoms with Crippen molar-refractivity contribution >= 4 is 23.8 Å². The highest BCUT2D eigenvalue weighted by Gasteiger charge is 2.03. The molecule has 3 heteroatoms. The fourth-order valence-corrected chi connectivity index (χ4v) is 2.20. The van der Waals surface area contributed by atoms with Crippen molar-refractivity contribution in [3.05, 3.63) is 62.9 Å². The molecule has 0 aliphatic carbocycles. The smallest absolute Gasteiger partial charge is 0.106 e. The first-order valence-electron chi connectivity index (χ1n) is 6.03. The number of rotatable bonds is 3. The Balaban J connectivity index is 2.25. The molecule has 1 heterocycles. The molecule has 0 spiro atoms. The van der Waals surface area contributed by atoms with Gasteiger partial charge in [-0.3, -0.25) is 0 Å². The second-order valence-electron chi connectivity index (χ2n) is 4.73. The predicted molar refractivity (Wildman–Crippen MR) is 80.0 cm³/mol. The van der Waals surface area contributed by atoms with Crippen LogP contribution in [0.4, 0.5) is 0 Å². The van der Waals surface area contributed by atoms with Crippen molar-refractivity contribution in [2.24, 2.45) is 0 Å². The normalized spacial score (nSPS) is 10.9. The van der Waals surface area contributed by atoms with E-state index in [4.69, 9.17) is 23.8 Å². The molecule has 0 aliphatic heterocycles. The quantitative estimate of drug-likeness (QED) is 0.771. The molecule has 18 heavy (non-hydrogen) atoms. The van der Waals surface area contributed by atoms with E-state index in [0.29, 0.717) is 5.92 Å². The monoisotopic (exact) mass is 277 g/mol. The molecule has 94 valence electrons. The molecule has 0 fully saturated rings. The molecule has 0 atom stereocenters. The summed E-state index contributed by atoms with van der Waals surface area (Å²) in [6, 6.07) is 12.1. The van der Waals surface area contributed by atoms with E-state index in [0.717, 1.165) is 21.6 Å². The van der Waals surface area contributed by atoms with Crippen molar-refractivity contribution in [2.45, 2.75) is 26.2 Å². The van der Waals surface area contributed by atoms with Crippen molar-refractivity contribution in [3.8, 4) is 0 Å². The molecular formula is C15H16ClNS. The summed E-state index contributed by atoms with van der Waals surface area (Å²) < 4.78 is 0.830.